The second-order valence-corrected chi connectivity index (χ2v) is 11.0. The maximum Gasteiger partial charge on any atom is 0.311 e. The molecule has 9 heteroatoms. The molecular weight excluding hydrogens is 532 g/mol. The molecule has 2 aliphatic heterocycles. The van der Waals surface area contributed by atoms with Gasteiger partial charge in [-0.1, -0.05) is 30.3 Å². The molecule has 1 amide bonds. The Hall–Kier alpha value is -4.11. The van der Waals surface area contributed by atoms with Gasteiger partial charge in [0.05, 0.1) is 11.5 Å². The molecule has 2 heterocycles. The monoisotopic (exact) mass is 572 g/mol. The van der Waals surface area contributed by atoms with Gasteiger partial charge in [0.1, 0.15) is 11.5 Å². The first kappa shape index (κ1) is 29.4. The molecule has 0 aromatic heterocycles. The fourth-order valence-electron chi connectivity index (χ4n) is 5.87. The lowest BCUT2D eigenvalue weighted by atomic mass is 9.89. The van der Waals surface area contributed by atoms with E-state index in [0.717, 1.165) is 62.5 Å². The third-order valence-electron chi connectivity index (χ3n) is 8.23. The number of piperidine rings is 2. The van der Waals surface area contributed by atoms with Crippen LogP contribution in [-0.2, 0) is 4.79 Å². The number of hydrogen-bond acceptors (Lipinski definition) is 7. The molecule has 0 radical (unpaired) electrons. The predicted octanol–water partition coefficient (Wildman–Crippen LogP) is 6.46. The van der Waals surface area contributed by atoms with Crippen LogP contribution in [0.3, 0.4) is 0 Å². The van der Waals surface area contributed by atoms with Crippen molar-refractivity contribution in [3.8, 4) is 17.2 Å². The van der Waals surface area contributed by atoms with Crippen molar-refractivity contribution >= 4 is 17.3 Å². The highest BCUT2D eigenvalue weighted by Crippen LogP contribution is 2.32. The summed E-state index contributed by atoms with van der Waals surface area (Å²) >= 11 is 0. The topological polar surface area (TPSA) is 97.2 Å². The molecule has 9 nitrogen and oxygen atoms in total. The van der Waals surface area contributed by atoms with E-state index in [-0.39, 0.29) is 23.4 Å². The van der Waals surface area contributed by atoms with Crippen molar-refractivity contribution in [3.05, 3.63) is 88.5 Å². The summed E-state index contributed by atoms with van der Waals surface area (Å²) < 4.78 is 11.4. The van der Waals surface area contributed by atoms with Crippen LogP contribution in [-0.4, -0.2) is 66.0 Å². The number of amides is 1. The fraction of sp³-hybridized carbons (Fsp3) is 0.424. The Bertz CT molecular complexity index is 1320. The van der Waals surface area contributed by atoms with Crippen LogP contribution in [0.1, 0.15) is 50.5 Å². The number of benzene rings is 3. The lowest BCUT2D eigenvalue weighted by molar-refractivity contribution is -0.385. The molecule has 0 bridgehead atoms. The Kier molecular flexibility index (Phi) is 9.92. The number of likely N-dealkylation sites (tertiary alicyclic amines) is 2. The van der Waals surface area contributed by atoms with Crippen molar-refractivity contribution in [2.45, 2.75) is 51.0 Å². The number of nitro benzene ring substituents is 1. The number of nitrogens with one attached hydrogen (secondary N) is 1. The zero-order chi connectivity index (χ0) is 29.3. The molecule has 1 N–H and O–H groups in total. The predicted molar refractivity (Wildman–Crippen MR) is 163 cm³/mol. The lowest BCUT2D eigenvalue weighted by Gasteiger charge is -2.35. The molecule has 0 spiro atoms. The van der Waals surface area contributed by atoms with Crippen molar-refractivity contribution in [2.24, 2.45) is 0 Å². The maximum atomic E-state index is 13.0. The van der Waals surface area contributed by atoms with E-state index >= 15 is 0 Å². The zero-order valence-electron chi connectivity index (χ0n) is 24.2. The van der Waals surface area contributed by atoms with Gasteiger partial charge < -0.3 is 24.6 Å². The first-order valence-corrected chi connectivity index (χ1v) is 15.0. The molecule has 0 atom stereocenters. The molecule has 0 aliphatic carbocycles. The number of hydrogen-bond donors (Lipinski definition) is 1. The van der Waals surface area contributed by atoms with Gasteiger partial charge in [-0.15, -0.1) is 0 Å². The van der Waals surface area contributed by atoms with Gasteiger partial charge in [-0.25, -0.2) is 0 Å². The Morgan fingerprint density at radius 3 is 2.29 bits per heavy atom. The third kappa shape index (κ3) is 7.79. The normalized spacial score (nSPS) is 16.6. The van der Waals surface area contributed by atoms with Crippen LogP contribution in [0.15, 0.2) is 72.8 Å². The Morgan fingerprint density at radius 1 is 0.929 bits per heavy atom. The minimum atomic E-state index is -0.428. The highest BCUT2D eigenvalue weighted by atomic mass is 16.6. The molecule has 3 aromatic rings. The van der Waals surface area contributed by atoms with Crippen molar-refractivity contribution in [3.63, 3.8) is 0 Å². The standard InChI is InChI=1S/C33H40N4O5/c1-2-41-32-24-28(10-13-31(32)37(39)40)34-27-16-22-36(23-17-27)33(38)18-21-35-19-14-26(15-20-35)25-8-11-30(12-9-25)42-29-6-4-3-5-7-29/h3-13,24,26-27,34H,2,14-23H2,1H3. The van der Waals surface area contributed by atoms with E-state index < -0.39 is 4.92 Å². The molecular formula is C33H40N4O5. The zero-order valence-corrected chi connectivity index (χ0v) is 24.2. The number of rotatable bonds is 11. The Balaban J connectivity index is 1.01. The summed E-state index contributed by atoms with van der Waals surface area (Å²) in [6.07, 6.45) is 4.42. The Morgan fingerprint density at radius 2 is 1.62 bits per heavy atom. The molecule has 0 saturated carbocycles. The largest absolute Gasteiger partial charge is 0.487 e. The van der Waals surface area contributed by atoms with E-state index in [1.165, 1.54) is 11.6 Å². The van der Waals surface area contributed by atoms with Crippen molar-refractivity contribution in [1.29, 1.82) is 0 Å². The number of carbonyl (C=O) groups is 1. The van der Waals surface area contributed by atoms with Gasteiger partial charge in [-0.05, 0) is 87.5 Å². The molecule has 3 aromatic carbocycles. The van der Waals surface area contributed by atoms with Gasteiger partial charge in [0, 0.05) is 49.9 Å². The van der Waals surface area contributed by atoms with Crippen LogP contribution in [0.25, 0.3) is 0 Å². The maximum absolute atomic E-state index is 13.0. The minimum Gasteiger partial charge on any atom is -0.487 e. The van der Waals surface area contributed by atoms with Gasteiger partial charge >= 0.3 is 5.69 Å². The van der Waals surface area contributed by atoms with Crippen LogP contribution in [0.2, 0.25) is 0 Å². The van der Waals surface area contributed by atoms with Gasteiger partial charge in [-0.3, -0.25) is 14.9 Å². The highest BCUT2D eigenvalue weighted by molar-refractivity contribution is 5.76. The third-order valence-corrected chi connectivity index (χ3v) is 8.23. The second kappa shape index (κ2) is 14.2. The molecule has 0 unspecified atom stereocenters. The van der Waals surface area contributed by atoms with Crippen molar-refractivity contribution in [1.82, 2.24) is 9.80 Å². The van der Waals surface area contributed by atoms with Crippen LogP contribution in [0.5, 0.6) is 17.2 Å². The van der Waals surface area contributed by atoms with E-state index in [1.54, 1.807) is 12.1 Å². The average Bonchev–Trinajstić information content (AvgIpc) is 3.02. The number of anilines is 1. The van der Waals surface area contributed by atoms with Gasteiger partial charge in [0.2, 0.25) is 5.91 Å². The van der Waals surface area contributed by atoms with Crippen LogP contribution in [0, 0.1) is 10.1 Å². The average molecular weight is 573 g/mol. The summed E-state index contributed by atoms with van der Waals surface area (Å²) in [5, 5.41) is 14.7. The highest BCUT2D eigenvalue weighted by Gasteiger charge is 2.25. The van der Waals surface area contributed by atoms with Gasteiger partial charge in [-0.2, -0.15) is 0 Å². The molecule has 5 rings (SSSR count). The fourth-order valence-corrected chi connectivity index (χ4v) is 5.87. The molecule has 2 aliphatic rings. The number of para-hydroxylation sites is 1. The molecule has 42 heavy (non-hydrogen) atoms. The summed E-state index contributed by atoms with van der Waals surface area (Å²) in [5.41, 5.74) is 2.12. The van der Waals surface area contributed by atoms with Crippen LogP contribution >= 0.6 is 0 Å². The molecule has 222 valence electrons. The lowest BCUT2D eigenvalue weighted by Crippen LogP contribution is -2.43. The SMILES string of the molecule is CCOc1cc(NC2CCN(C(=O)CCN3CCC(c4ccc(Oc5ccccc5)cc4)CC3)CC2)ccc1[N+](=O)[O-]. The molecule has 2 fully saturated rings. The summed E-state index contributed by atoms with van der Waals surface area (Å²) in [7, 11) is 0. The van der Waals surface area contributed by atoms with Crippen LogP contribution < -0.4 is 14.8 Å². The summed E-state index contributed by atoms with van der Waals surface area (Å²) in [5.74, 6) is 2.72. The van der Waals surface area contributed by atoms with Gasteiger partial charge in [0.15, 0.2) is 5.75 Å². The quantitative estimate of drug-likeness (QED) is 0.208. The van der Waals surface area contributed by atoms with E-state index in [0.29, 0.717) is 32.0 Å². The van der Waals surface area contributed by atoms with Gasteiger partial charge in [0.25, 0.3) is 0 Å². The first-order chi connectivity index (χ1) is 20.5. The van der Waals surface area contributed by atoms with Crippen molar-refractivity contribution < 1.29 is 19.2 Å². The molecule has 2 saturated heterocycles. The summed E-state index contributed by atoms with van der Waals surface area (Å²) in [6, 6.07) is 23.4. The first-order valence-electron chi connectivity index (χ1n) is 15.0. The van der Waals surface area contributed by atoms with E-state index in [2.05, 4.69) is 34.5 Å². The Labute approximate surface area is 247 Å². The van der Waals surface area contributed by atoms with Crippen LogP contribution in [0.4, 0.5) is 11.4 Å². The number of nitro groups is 1. The number of ether oxygens (including phenoxy) is 2. The summed E-state index contributed by atoms with van der Waals surface area (Å²) in [4.78, 5) is 28.2. The second-order valence-electron chi connectivity index (χ2n) is 11.0. The van der Waals surface area contributed by atoms with E-state index in [1.807, 2.05) is 42.2 Å². The smallest absolute Gasteiger partial charge is 0.311 e. The van der Waals surface area contributed by atoms with E-state index in [9.17, 15) is 14.9 Å². The summed E-state index contributed by atoms with van der Waals surface area (Å²) in [6.45, 7) is 6.42. The van der Waals surface area contributed by atoms with Crippen molar-refractivity contribution in [2.75, 3.05) is 44.6 Å². The minimum absolute atomic E-state index is 0.0321. The number of nitrogens with zero attached hydrogens (tertiary/aromatic N) is 3. The van der Waals surface area contributed by atoms with E-state index in [4.69, 9.17) is 9.47 Å². The number of carbonyl (C=O) groups excluding carboxylic acids is 1.